The first-order valence-electron chi connectivity index (χ1n) is 5.92. The Kier molecular flexibility index (Phi) is 5.34. The van der Waals surface area contributed by atoms with Gasteiger partial charge in [0.25, 0.3) is 0 Å². The molecule has 5 heteroatoms. The first-order chi connectivity index (χ1) is 8.90. The van der Waals surface area contributed by atoms with Crippen LogP contribution in [0.5, 0.6) is 0 Å². The van der Waals surface area contributed by atoms with Gasteiger partial charge >= 0.3 is 6.09 Å². The summed E-state index contributed by atoms with van der Waals surface area (Å²) in [4.78, 5) is 15.4. The van der Waals surface area contributed by atoms with Crippen molar-refractivity contribution in [3.05, 3.63) is 29.6 Å². The number of hydrogen-bond donors (Lipinski definition) is 2. The minimum atomic E-state index is -0.515. The zero-order chi connectivity index (χ0) is 14.3. The van der Waals surface area contributed by atoms with E-state index in [4.69, 9.17) is 9.84 Å². The molecule has 1 rings (SSSR count). The molecule has 19 heavy (non-hydrogen) atoms. The molecule has 0 aromatic carbocycles. The maximum atomic E-state index is 11.3. The number of rotatable bonds is 2. The van der Waals surface area contributed by atoms with E-state index in [1.807, 2.05) is 0 Å². The largest absolute Gasteiger partial charge is 0.444 e. The number of alkyl carbamates (subject to hydrolysis) is 1. The predicted molar refractivity (Wildman–Crippen MR) is 71.3 cm³/mol. The molecule has 0 spiro atoms. The summed E-state index contributed by atoms with van der Waals surface area (Å²) in [5.41, 5.74) is 0.805. The van der Waals surface area contributed by atoms with Crippen LogP contribution in [0.1, 0.15) is 32.0 Å². The van der Waals surface area contributed by atoms with E-state index in [9.17, 15) is 4.79 Å². The summed E-state index contributed by atoms with van der Waals surface area (Å²) >= 11 is 0. The molecular weight excluding hydrogens is 244 g/mol. The minimum absolute atomic E-state index is 0.0408. The second-order valence-corrected chi connectivity index (χ2v) is 4.87. The molecule has 0 atom stereocenters. The Balaban J connectivity index is 2.40. The molecule has 1 heterocycles. The third-order valence-electron chi connectivity index (χ3n) is 1.94. The summed E-state index contributed by atoms with van der Waals surface area (Å²) in [5.74, 6) is 5.57. The first-order valence-corrected chi connectivity index (χ1v) is 5.92. The van der Waals surface area contributed by atoms with Crippen molar-refractivity contribution in [2.75, 3.05) is 6.54 Å². The van der Waals surface area contributed by atoms with Crippen molar-refractivity contribution in [2.45, 2.75) is 33.0 Å². The van der Waals surface area contributed by atoms with E-state index in [1.54, 1.807) is 39.1 Å². The molecular formula is C14H18N2O3. The Morgan fingerprint density at radius 3 is 2.74 bits per heavy atom. The van der Waals surface area contributed by atoms with Crippen molar-refractivity contribution in [1.29, 1.82) is 0 Å². The number of carbonyl (C=O) groups is 1. The third-order valence-corrected chi connectivity index (χ3v) is 1.94. The molecule has 0 bridgehead atoms. The van der Waals surface area contributed by atoms with Crippen LogP contribution < -0.4 is 5.32 Å². The number of nitrogens with one attached hydrogen (secondary N) is 1. The van der Waals surface area contributed by atoms with E-state index in [-0.39, 0.29) is 13.2 Å². The summed E-state index contributed by atoms with van der Waals surface area (Å²) < 4.78 is 5.06. The van der Waals surface area contributed by atoms with E-state index >= 15 is 0 Å². The van der Waals surface area contributed by atoms with Gasteiger partial charge in [0.2, 0.25) is 0 Å². The smallest absolute Gasteiger partial charge is 0.408 e. The van der Waals surface area contributed by atoms with Gasteiger partial charge in [-0.05, 0) is 38.3 Å². The molecule has 0 aliphatic carbocycles. The molecule has 0 saturated carbocycles. The predicted octanol–water partition coefficient (Wildman–Crippen LogP) is 1.45. The topological polar surface area (TPSA) is 71.5 Å². The van der Waals surface area contributed by atoms with Crippen molar-refractivity contribution >= 4 is 6.09 Å². The van der Waals surface area contributed by atoms with Gasteiger partial charge in [0.15, 0.2) is 0 Å². The summed E-state index contributed by atoms with van der Waals surface area (Å²) in [6.45, 7) is 5.54. The fraction of sp³-hybridized carbons (Fsp3) is 0.429. The summed E-state index contributed by atoms with van der Waals surface area (Å²) in [7, 11) is 0. The molecule has 0 aliphatic heterocycles. The highest BCUT2D eigenvalue weighted by Gasteiger charge is 2.14. The molecule has 2 N–H and O–H groups in total. The number of amides is 1. The second kappa shape index (κ2) is 6.76. The monoisotopic (exact) mass is 262 g/mol. The molecule has 1 aromatic heterocycles. The lowest BCUT2D eigenvalue weighted by Crippen LogP contribution is -2.32. The van der Waals surface area contributed by atoms with Crippen LogP contribution in [-0.4, -0.2) is 28.3 Å². The van der Waals surface area contributed by atoms with E-state index < -0.39 is 11.7 Å². The van der Waals surface area contributed by atoms with Crippen LogP contribution in [0, 0.1) is 11.8 Å². The number of aliphatic hydroxyl groups excluding tert-OH is 1. The van der Waals surface area contributed by atoms with E-state index in [1.165, 1.54) is 0 Å². The van der Waals surface area contributed by atoms with E-state index in [0.717, 1.165) is 5.56 Å². The highest BCUT2D eigenvalue weighted by molar-refractivity contribution is 5.68. The van der Waals surface area contributed by atoms with Crippen molar-refractivity contribution in [1.82, 2.24) is 10.3 Å². The number of carbonyl (C=O) groups excluding carboxylic acids is 1. The van der Waals surface area contributed by atoms with E-state index in [0.29, 0.717) is 5.69 Å². The fourth-order valence-electron chi connectivity index (χ4n) is 1.16. The Morgan fingerprint density at radius 1 is 1.47 bits per heavy atom. The number of hydrogen-bond acceptors (Lipinski definition) is 4. The number of nitrogens with zero attached hydrogens (tertiary/aromatic N) is 1. The average molecular weight is 262 g/mol. The minimum Gasteiger partial charge on any atom is -0.444 e. The second-order valence-electron chi connectivity index (χ2n) is 4.87. The Hall–Kier alpha value is -2.06. The van der Waals surface area contributed by atoms with Gasteiger partial charge in [0.05, 0.1) is 13.2 Å². The molecule has 0 unspecified atom stereocenters. The van der Waals surface area contributed by atoms with Crippen LogP contribution in [0.4, 0.5) is 4.79 Å². The Bertz CT molecular complexity index is 478. The highest BCUT2D eigenvalue weighted by Crippen LogP contribution is 2.06. The van der Waals surface area contributed by atoms with Crippen LogP contribution in [0.3, 0.4) is 0 Å². The van der Waals surface area contributed by atoms with Crippen molar-refractivity contribution in [3.63, 3.8) is 0 Å². The lowest BCUT2D eigenvalue weighted by molar-refractivity contribution is 0.0535. The molecule has 5 nitrogen and oxygen atoms in total. The SMILES string of the molecule is CC(C)(C)OC(=O)NCC#Cc1ccc(CO)cn1. The lowest BCUT2D eigenvalue weighted by Gasteiger charge is -2.18. The van der Waals surface area contributed by atoms with Crippen molar-refractivity contribution < 1.29 is 14.6 Å². The van der Waals surface area contributed by atoms with Gasteiger partial charge < -0.3 is 15.2 Å². The number of ether oxygens (including phenoxy) is 1. The van der Waals surface area contributed by atoms with Gasteiger partial charge in [-0.25, -0.2) is 9.78 Å². The van der Waals surface area contributed by atoms with Crippen LogP contribution in [0.2, 0.25) is 0 Å². The molecule has 0 aliphatic rings. The van der Waals surface area contributed by atoms with Gasteiger partial charge in [-0.2, -0.15) is 0 Å². The van der Waals surface area contributed by atoms with Gasteiger partial charge in [0, 0.05) is 6.20 Å². The highest BCUT2D eigenvalue weighted by atomic mass is 16.6. The van der Waals surface area contributed by atoms with Gasteiger partial charge in [-0.3, -0.25) is 0 Å². The lowest BCUT2D eigenvalue weighted by atomic mass is 10.2. The maximum Gasteiger partial charge on any atom is 0.408 e. The Morgan fingerprint density at radius 2 is 2.21 bits per heavy atom. The Labute approximate surface area is 113 Å². The molecule has 0 saturated heterocycles. The van der Waals surface area contributed by atoms with Crippen molar-refractivity contribution in [2.24, 2.45) is 0 Å². The van der Waals surface area contributed by atoms with Gasteiger partial charge in [-0.15, -0.1) is 0 Å². The number of aliphatic hydroxyl groups is 1. The molecule has 0 radical (unpaired) electrons. The van der Waals surface area contributed by atoms with Crippen LogP contribution in [0.15, 0.2) is 18.3 Å². The summed E-state index contributed by atoms with van der Waals surface area (Å²) in [6, 6.07) is 3.46. The maximum absolute atomic E-state index is 11.3. The molecule has 1 amide bonds. The van der Waals surface area contributed by atoms with E-state index in [2.05, 4.69) is 22.1 Å². The van der Waals surface area contributed by atoms with Crippen LogP contribution >= 0.6 is 0 Å². The fourth-order valence-corrected chi connectivity index (χ4v) is 1.16. The molecule has 1 aromatic rings. The third kappa shape index (κ3) is 6.43. The van der Waals surface area contributed by atoms with Crippen LogP contribution in [-0.2, 0) is 11.3 Å². The van der Waals surface area contributed by atoms with Gasteiger partial charge in [-0.1, -0.05) is 12.0 Å². The average Bonchev–Trinajstić information content (AvgIpc) is 2.33. The number of pyridine rings is 1. The van der Waals surface area contributed by atoms with Crippen LogP contribution in [0.25, 0.3) is 0 Å². The van der Waals surface area contributed by atoms with Crippen molar-refractivity contribution in [3.8, 4) is 11.8 Å². The zero-order valence-electron chi connectivity index (χ0n) is 11.4. The normalized spacial score (nSPS) is 10.3. The quantitative estimate of drug-likeness (QED) is 0.791. The molecule has 0 fully saturated rings. The zero-order valence-corrected chi connectivity index (χ0v) is 11.4. The van der Waals surface area contributed by atoms with Gasteiger partial charge in [0.1, 0.15) is 11.3 Å². The number of aromatic nitrogens is 1. The first kappa shape index (κ1) is 15.0. The standard InChI is InChI=1S/C14H18N2O3/c1-14(2,3)19-13(18)15-8-4-5-12-7-6-11(10-17)9-16-12/h6-7,9,17H,8,10H2,1-3H3,(H,15,18). The summed E-state index contributed by atoms with van der Waals surface area (Å²) in [6.07, 6.45) is 1.07. The summed E-state index contributed by atoms with van der Waals surface area (Å²) in [5, 5.41) is 11.4. The molecule has 102 valence electrons.